The number of nitrogens with one attached hydrogen (secondary N) is 1. The molecule has 0 amide bonds. The van der Waals surface area contributed by atoms with Crippen LogP contribution in [0.1, 0.15) is 44.1 Å². The highest BCUT2D eigenvalue weighted by atomic mass is 15.3. The quantitative estimate of drug-likeness (QED) is 0.729. The third kappa shape index (κ3) is 5.63. The molecule has 0 spiro atoms. The second-order valence-corrected chi connectivity index (χ2v) is 8.89. The fraction of sp³-hybridized carbons (Fsp3) is 0.583. The molecule has 1 aromatic heterocycles. The second kappa shape index (κ2) is 10.1. The number of rotatable bonds is 6. The first-order valence-corrected chi connectivity index (χ1v) is 11.5. The Balaban J connectivity index is 1.42. The second-order valence-electron chi connectivity index (χ2n) is 8.89. The van der Waals surface area contributed by atoms with Gasteiger partial charge < -0.3 is 15.1 Å². The smallest absolute Gasteiger partial charge is 0.229 e. The summed E-state index contributed by atoms with van der Waals surface area (Å²) in [5.74, 6) is 2.81. The predicted molar refractivity (Wildman–Crippen MR) is 125 cm³/mol. The van der Waals surface area contributed by atoms with Crippen molar-refractivity contribution in [2.24, 2.45) is 0 Å². The zero-order valence-corrected chi connectivity index (χ0v) is 18.6. The SMILES string of the molecule is CN(C)c1cc(NC2CCCCCC2)nc(N2CCN(Cc3ccccc3)CC2)n1. The molecule has 1 aliphatic heterocycles. The molecule has 0 unspecified atom stereocenters. The number of aromatic nitrogens is 2. The van der Waals surface area contributed by atoms with Crippen LogP contribution in [0.2, 0.25) is 0 Å². The van der Waals surface area contributed by atoms with E-state index in [0.717, 1.165) is 50.3 Å². The summed E-state index contributed by atoms with van der Waals surface area (Å²) in [4.78, 5) is 16.7. The fourth-order valence-corrected chi connectivity index (χ4v) is 4.45. The maximum absolute atomic E-state index is 4.93. The first kappa shape index (κ1) is 20.9. The van der Waals surface area contributed by atoms with Crippen molar-refractivity contribution in [2.75, 3.05) is 55.4 Å². The minimum Gasteiger partial charge on any atom is -0.367 e. The molecule has 0 radical (unpaired) electrons. The molecule has 1 saturated heterocycles. The molecular formula is C24H36N6. The van der Waals surface area contributed by atoms with Gasteiger partial charge in [0.2, 0.25) is 5.95 Å². The van der Waals surface area contributed by atoms with E-state index in [9.17, 15) is 0 Å². The Bertz CT molecular complexity index is 778. The summed E-state index contributed by atoms with van der Waals surface area (Å²) in [6, 6.07) is 13.4. The minimum atomic E-state index is 0.535. The van der Waals surface area contributed by atoms with E-state index in [-0.39, 0.29) is 0 Å². The fourth-order valence-electron chi connectivity index (χ4n) is 4.45. The summed E-state index contributed by atoms with van der Waals surface area (Å²) in [6.45, 7) is 5.02. The standard InChI is InChI=1S/C24H36N6/c1-28(2)23-18-22(25-21-12-8-3-4-9-13-21)26-24(27-23)30-16-14-29(15-17-30)19-20-10-6-5-7-11-20/h5-7,10-11,18,21H,3-4,8-9,12-17,19H2,1-2H3,(H,25,26,27). The van der Waals surface area contributed by atoms with Gasteiger partial charge in [0.15, 0.2) is 0 Å². The molecule has 1 saturated carbocycles. The molecule has 2 aliphatic rings. The van der Waals surface area contributed by atoms with Crippen LogP contribution in [0.5, 0.6) is 0 Å². The Morgan fingerprint density at radius 3 is 2.30 bits per heavy atom. The van der Waals surface area contributed by atoms with Gasteiger partial charge in [0.1, 0.15) is 11.6 Å². The lowest BCUT2D eigenvalue weighted by Crippen LogP contribution is -2.46. The number of nitrogens with zero attached hydrogens (tertiary/aromatic N) is 5. The van der Waals surface area contributed by atoms with Gasteiger partial charge in [0.25, 0.3) is 0 Å². The molecule has 0 bridgehead atoms. The molecule has 2 fully saturated rings. The topological polar surface area (TPSA) is 47.5 Å². The van der Waals surface area contributed by atoms with E-state index >= 15 is 0 Å². The molecule has 1 N–H and O–H groups in total. The Labute approximate surface area is 181 Å². The maximum atomic E-state index is 4.93. The summed E-state index contributed by atoms with van der Waals surface area (Å²) in [7, 11) is 4.11. The third-order valence-corrected chi connectivity index (χ3v) is 6.27. The predicted octanol–water partition coefficient (Wildman–Crippen LogP) is 4.00. The van der Waals surface area contributed by atoms with Crippen molar-refractivity contribution in [1.82, 2.24) is 14.9 Å². The summed E-state index contributed by atoms with van der Waals surface area (Å²) in [6.07, 6.45) is 7.86. The number of hydrogen-bond acceptors (Lipinski definition) is 6. The lowest BCUT2D eigenvalue weighted by atomic mass is 10.1. The largest absolute Gasteiger partial charge is 0.367 e. The average Bonchev–Trinajstić information content (AvgIpc) is 3.03. The minimum absolute atomic E-state index is 0.535. The average molecular weight is 409 g/mol. The van der Waals surface area contributed by atoms with Gasteiger partial charge in [0, 0.05) is 58.9 Å². The molecule has 6 heteroatoms. The van der Waals surface area contributed by atoms with Crippen LogP contribution in [-0.2, 0) is 6.54 Å². The van der Waals surface area contributed by atoms with Gasteiger partial charge in [-0.2, -0.15) is 9.97 Å². The first-order chi connectivity index (χ1) is 14.7. The van der Waals surface area contributed by atoms with Crippen molar-refractivity contribution in [3.05, 3.63) is 42.0 Å². The van der Waals surface area contributed by atoms with Crippen LogP contribution in [0.3, 0.4) is 0 Å². The number of piperazine rings is 1. The van der Waals surface area contributed by atoms with Crippen LogP contribution in [0.25, 0.3) is 0 Å². The van der Waals surface area contributed by atoms with Gasteiger partial charge in [-0.05, 0) is 18.4 Å². The lowest BCUT2D eigenvalue weighted by molar-refractivity contribution is 0.248. The Hall–Kier alpha value is -2.34. The molecule has 1 aromatic carbocycles. The van der Waals surface area contributed by atoms with Crippen LogP contribution in [0.4, 0.5) is 17.6 Å². The van der Waals surface area contributed by atoms with E-state index in [1.54, 1.807) is 0 Å². The molecule has 6 nitrogen and oxygen atoms in total. The van der Waals surface area contributed by atoms with Crippen molar-refractivity contribution in [3.8, 4) is 0 Å². The molecule has 0 atom stereocenters. The zero-order valence-electron chi connectivity index (χ0n) is 18.6. The normalized spacial score (nSPS) is 18.8. The molecular weight excluding hydrogens is 372 g/mol. The van der Waals surface area contributed by atoms with Crippen molar-refractivity contribution < 1.29 is 0 Å². The van der Waals surface area contributed by atoms with Gasteiger partial charge in [-0.1, -0.05) is 56.0 Å². The van der Waals surface area contributed by atoms with Crippen LogP contribution < -0.4 is 15.1 Å². The van der Waals surface area contributed by atoms with Crippen molar-refractivity contribution >= 4 is 17.6 Å². The highest BCUT2D eigenvalue weighted by Gasteiger charge is 2.21. The van der Waals surface area contributed by atoms with Crippen molar-refractivity contribution in [2.45, 2.75) is 51.1 Å². The van der Waals surface area contributed by atoms with Gasteiger partial charge in [-0.25, -0.2) is 0 Å². The van der Waals surface area contributed by atoms with Crippen molar-refractivity contribution in [3.63, 3.8) is 0 Å². The van der Waals surface area contributed by atoms with Crippen LogP contribution in [-0.4, -0.2) is 61.2 Å². The maximum Gasteiger partial charge on any atom is 0.229 e. The molecule has 30 heavy (non-hydrogen) atoms. The highest BCUT2D eigenvalue weighted by Crippen LogP contribution is 2.24. The van der Waals surface area contributed by atoms with E-state index in [4.69, 9.17) is 9.97 Å². The van der Waals surface area contributed by atoms with Gasteiger partial charge >= 0.3 is 0 Å². The summed E-state index contributed by atoms with van der Waals surface area (Å²) < 4.78 is 0. The third-order valence-electron chi connectivity index (χ3n) is 6.27. The lowest BCUT2D eigenvalue weighted by Gasteiger charge is -2.35. The van der Waals surface area contributed by atoms with E-state index in [0.29, 0.717) is 6.04 Å². The van der Waals surface area contributed by atoms with E-state index in [1.807, 2.05) is 0 Å². The molecule has 1 aliphatic carbocycles. The van der Waals surface area contributed by atoms with Crippen LogP contribution in [0.15, 0.2) is 36.4 Å². The molecule has 4 rings (SSSR count). The van der Waals surface area contributed by atoms with Crippen molar-refractivity contribution in [1.29, 1.82) is 0 Å². The number of benzene rings is 1. The Kier molecular flexibility index (Phi) is 7.05. The Morgan fingerprint density at radius 1 is 0.933 bits per heavy atom. The molecule has 2 aromatic rings. The van der Waals surface area contributed by atoms with Gasteiger partial charge in [-0.3, -0.25) is 4.90 Å². The highest BCUT2D eigenvalue weighted by molar-refractivity contribution is 5.54. The molecule has 2 heterocycles. The number of hydrogen-bond donors (Lipinski definition) is 1. The van der Waals surface area contributed by atoms with E-state index in [1.165, 1.54) is 44.1 Å². The molecule has 162 valence electrons. The van der Waals surface area contributed by atoms with E-state index in [2.05, 4.69) is 70.5 Å². The van der Waals surface area contributed by atoms with Crippen LogP contribution in [0, 0.1) is 0 Å². The van der Waals surface area contributed by atoms with Crippen LogP contribution >= 0.6 is 0 Å². The monoisotopic (exact) mass is 408 g/mol. The number of anilines is 3. The van der Waals surface area contributed by atoms with Gasteiger partial charge in [0.05, 0.1) is 0 Å². The van der Waals surface area contributed by atoms with Gasteiger partial charge in [-0.15, -0.1) is 0 Å². The first-order valence-electron chi connectivity index (χ1n) is 11.5. The van der Waals surface area contributed by atoms with E-state index < -0.39 is 0 Å². The Morgan fingerprint density at radius 2 is 1.63 bits per heavy atom. The summed E-state index contributed by atoms with van der Waals surface area (Å²) >= 11 is 0. The summed E-state index contributed by atoms with van der Waals surface area (Å²) in [5.41, 5.74) is 1.38. The zero-order chi connectivity index (χ0) is 20.8. The summed E-state index contributed by atoms with van der Waals surface area (Å²) in [5, 5.41) is 3.72.